The smallest absolute Gasteiger partial charge is 0.0224 e. The van der Waals surface area contributed by atoms with Gasteiger partial charge in [0.1, 0.15) is 0 Å². The second kappa shape index (κ2) is 6.20. The van der Waals surface area contributed by atoms with Crippen LogP contribution in [0.4, 0.5) is 0 Å². The van der Waals surface area contributed by atoms with Crippen molar-refractivity contribution in [2.45, 2.75) is 76.8 Å². The third-order valence-electron chi connectivity index (χ3n) is 7.30. The van der Waals surface area contributed by atoms with Crippen LogP contribution < -0.4 is 5.32 Å². The normalized spacial score (nSPS) is 45.3. The quantitative estimate of drug-likeness (QED) is 0.853. The lowest BCUT2D eigenvalue weighted by Crippen LogP contribution is -2.58. The predicted octanol–water partition coefficient (Wildman–Crippen LogP) is 3.67. The summed E-state index contributed by atoms with van der Waals surface area (Å²) in [4.78, 5) is 2.86. The number of fused-ring (bicyclic) bond motifs is 2. The fourth-order valence-electron chi connectivity index (χ4n) is 5.96. The minimum atomic E-state index is 0.754. The second-order valence-corrected chi connectivity index (χ2v) is 8.65. The van der Waals surface area contributed by atoms with Crippen LogP contribution in [0.25, 0.3) is 0 Å². The lowest BCUT2D eigenvalue weighted by Gasteiger charge is -2.44. The first kappa shape index (κ1) is 14.5. The molecule has 2 nitrogen and oxygen atoms in total. The Balaban J connectivity index is 1.34. The highest BCUT2D eigenvalue weighted by Crippen LogP contribution is 2.48. The molecule has 1 heterocycles. The molecule has 4 fully saturated rings. The van der Waals surface area contributed by atoms with E-state index < -0.39 is 0 Å². The van der Waals surface area contributed by atoms with Crippen molar-refractivity contribution in [3.63, 3.8) is 0 Å². The van der Waals surface area contributed by atoms with Gasteiger partial charge in [-0.2, -0.15) is 0 Å². The Kier molecular flexibility index (Phi) is 4.28. The zero-order chi connectivity index (χ0) is 14.2. The first-order valence-corrected chi connectivity index (χ1v) is 9.77. The van der Waals surface area contributed by atoms with Crippen LogP contribution in [0.3, 0.4) is 0 Å². The summed E-state index contributed by atoms with van der Waals surface area (Å²) in [6.45, 7) is 6.41. The van der Waals surface area contributed by atoms with E-state index in [1.54, 1.807) is 25.7 Å². The van der Waals surface area contributed by atoms with E-state index in [1.807, 2.05) is 0 Å². The molecule has 1 N–H and O–H groups in total. The molecule has 4 aliphatic rings. The number of hydrogen-bond acceptors (Lipinski definition) is 2. The Morgan fingerprint density at radius 3 is 2.52 bits per heavy atom. The Morgan fingerprint density at radius 1 is 0.952 bits per heavy atom. The van der Waals surface area contributed by atoms with Gasteiger partial charge in [0, 0.05) is 31.7 Å². The summed E-state index contributed by atoms with van der Waals surface area (Å²) in [5, 5.41) is 3.89. The molecule has 1 saturated heterocycles. The maximum absolute atomic E-state index is 3.89. The number of nitrogens with one attached hydrogen (secondary N) is 1. The summed E-state index contributed by atoms with van der Waals surface area (Å²) in [5.41, 5.74) is 0. The lowest BCUT2D eigenvalue weighted by molar-refractivity contribution is 0.0785. The molecule has 0 aromatic heterocycles. The van der Waals surface area contributed by atoms with Gasteiger partial charge in [0.2, 0.25) is 0 Å². The van der Waals surface area contributed by atoms with Crippen LogP contribution in [0.5, 0.6) is 0 Å². The van der Waals surface area contributed by atoms with Crippen LogP contribution in [-0.4, -0.2) is 36.6 Å². The average Bonchev–Trinajstić information content (AvgIpc) is 3.13. The zero-order valence-corrected chi connectivity index (χ0v) is 13.9. The summed E-state index contributed by atoms with van der Waals surface area (Å²) in [6.07, 6.45) is 13.6. The van der Waals surface area contributed by atoms with Crippen molar-refractivity contribution in [2.75, 3.05) is 19.6 Å². The zero-order valence-electron chi connectivity index (χ0n) is 13.9. The molecule has 5 unspecified atom stereocenters. The minimum absolute atomic E-state index is 0.754. The van der Waals surface area contributed by atoms with Crippen LogP contribution >= 0.6 is 0 Å². The van der Waals surface area contributed by atoms with E-state index in [9.17, 15) is 0 Å². The molecule has 0 amide bonds. The molecule has 0 spiro atoms. The van der Waals surface area contributed by atoms with Crippen molar-refractivity contribution in [1.82, 2.24) is 10.2 Å². The Bertz CT molecular complexity index is 349. The highest BCUT2D eigenvalue weighted by molar-refractivity contribution is 4.95. The first-order valence-electron chi connectivity index (χ1n) is 9.77. The van der Waals surface area contributed by atoms with Gasteiger partial charge in [-0.25, -0.2) is 0 Å². The number of nitrogens with zero attached hydrogens (tertiary/aromatic N) is 1. The maximum Gasteiger partial charge on any atom is 0.0224 e. The highest BCUT2D eigenvalue weighted by atomic mass is 15.2. The predicted molar refractivity (Wildman–Crippen MR) is 88.3 cm³/mol. The maximum atomic E-state index is 3.89. The van der Waals surface area contributed by atoms with E-state index in [2.05, 4.69) is 17.1 Å². The summed E-state index contributed by atoms with van der Waals surface area (Å²) in [5.74, 6) is 4.20. The molecule has 21 heavy (non-hydrogen) atoms. The van der Waals surface area contributed by atoms with Gasteiger partial charge in [-0.3, -0.25) is 4.90 Å². The molecule has 4 rings (SSSR count). The van der Waals surface area contributed by atoms with E-state index in [0.29, 0.717) is 0 Å². The largest absolute Gasteiger partial charge is 0.311 e. The molecule has 120 valence electrons. The third kappa shape index (κ3) is 3.03. The van der Waals surface area contributed by atoms with E-state index in [4.69, 9.17) is 0 Å². The molecule has 0 radical (unpaired) electrons. The number of rotatable bonds is 3. The van der Waals surface area contributed by atoms with Gasteiger partial charge in [0.15, 0.2) is 0 Å². The second-order valence-electron chi connectivity index (χ2n) is 8.65. The SMILES string of the molecule is CC1CNC(C2CCCCC2)CN1CC1CC2CCC1C2. The molecular weight excluding hydrogens is 256 g/mol. The Hall–Kier alpha value is -0.0800. The van der Waals surface area contributed by atoms with Crippen LogP contribution in [0.1, 0.15) is 64.7 Å². The van der Waals surface area contributed by atoms with Crippen molar-refractivity contribution in [3.05, 3.63) is 0 Å². The topological polar surface area (TPSA) is 15.3 Å². The van der Waals surface area contributed by atoms with E-state index in [1.165, 1.54) is 51.7 Å². The summed E-state index contributed by atoms with van der Waals surface area (Å²) >= 11 is 0. The molecule has 5 atom stereocenters. The van der Waals surface area contributed by atoms with Crippen LogP contribution in [0.15, 0.2) is 0 Å². The molecule has 1 aliphatic heterocycles. The molecule has 2 bridgehead atoms. The standard InChI is InChI=1S/C19H34N2/c1-14-11-20-19(16-5-3-2-4-6-16)13-21(14)12-18-10-15-7-8-17(18)9-15/h14-20H,2-13H2,1H3. The number of piperazine rings is 1. The third-order valence-corrected chi connectivity index (χ3v) is 7.30. The summed E-state index contributed by atoms with van der Waals surface area (Å²) in [6, 6.07) is 1.55. The number of hydrogen-bond donors (Lipinski definition) is 1. The van der Waals surface area contributed by atoms with Crippen LogP contribution in [0.2, 0.25) is 0 Å². The molecular formula is C19H34N2. The van der Waals surface area contributed by atoms with Gasteiger partial charge in [-0.15, -0.1) is 0 Å². The fraction of sp³-hybridized carbons (Fsp3) is 1.00. The van der Waals surface area contributed by atoms with Crippen molar-refractivity contribution >= 4 is 0 Å². The van der Waals surface area contributed by atoms with Crippen LogP contribution in [0, 0.1) is 23.7 Å². The summed E-state index contributed by atoms with van der Waals surface area (Å²) < 4.78 is 0. The molecule has 2 heteroatoms. The van der Waals surface area contributed by atoms with E-state index >= 15 is 0 Å². The highest BCUT2D eigenvalue weighted by Gasteiger charge is 2.41. The molecule has 3 saturated carbocycles. The van der Waals surface area contributed by atoms with Gasteiger partial charge >= 0.3 is 0 Å². The van der Waals surface area contributed by atoms with Gasteiger partial charge in [-0.05, 0) is 62.7 Å². The Labute approximate surface area is 131 Å². The van der Waals surface area contributed by atoms with Crippen molar-refractivity contribution in [2.24, 2.45) is 23.7 Å². The molecule has 0 aromatic rings. The molecule has 3 aliphatic carbocycles. The van der Waals surface area contributed by atoms with Gasteiger partial charge in [0.25, 0.3) is 0 Å². The van der Waals surface area contributed by atoms with Crippen molar-refractivity contribution in [1.29, 1.82) is 0 Å². The van der Waals surface area contributed by atoms with Crippen molar-refractivity contribution in [3.8, 4) is 0 Å². The fourth-order valence-corrected chi connectivity index (χ4v) is 5.96. The van der Waals surface area contributed by atoms with E-state index in [0.717, 1.165) is 35.8 Å². The first-order chi connectivity index (χ1) is 10.3. The van der Waals surface area contributed by atoms with Crippen molar-refractivity contribution < 1.29 is 0 Å². The van der Waals surface area contributed by atoms with Gasteiger partial charge in [-0.1, -0.05) is 25.7 Å². The molecule has 0 aromatic carbocycles. The minimum Gasteiger partial charge on any atom is -0.311 e. The monoisotopic (exact) mass is 290 g/mol. The van der Waals surface area contributed by atoms with E-state index in [-0.39, 0.29) is 0 Å². The summed E-state index contributed by atoms with van der Waals surface area (Å²) in [7, 11) is 0. The Morgan fingerprint density at radius 2 is 1.81 bits per heavy atom. The lowest BCUT2D eigenvalue weighted by atomic mass is 9.82. The van der Waals surface area contributed by atoms with Gasteiger partial charge < -0.3 is 5.32 Å². The van der Waals surface area contributed by atoms with Crippen LogP contribution in [-0.2, 0) is 0 Å². The average molecular weight is 290 g/mol. The van der Waals surface area contributed by atoms with Gasteiger partial charge in [0.05, 0.1) is 0 Å².